The molecular formula is C11H19N5. The van der Waals surface area contributed by atoms with Gasteiger partial charge in [-0.15, -0.1) is 0 Å². The van der Waals surface area contributed by atoms with Gasteiger partial charge in [0.1, 0.15) is 6.33 Å². The molecule has 1 aromatic heterocycles. The van der Waals surface area contributed by atoms with Gasteiger partial charge in [-0.1, -0.05) is 0 Å². The second-order valence-electron chi connectivity index (χ2n) is 4.45. The normalized spacial score (nSPS) is 18.6. The molecule has 1 fully saturated rings. The average molecular weight is 221 g/mol. The van der Waals surface area contributed by atoms with E-state index < -0.39 is 0 Å². The van der Waals surface area contributed by atoms with Gasteiger partial charge in [-0.3, -0.25) is 0 Å². The van der Waals surface area contributed by atoms with E-state index in [9.17, 15) is 0 Å². The van der Waals surface area contributed by atoms with Crippen molar-refractivity contribution in [3.63, 3.8) is 0 Å². The molecule has 2 rings (SSSR count). The van der Waals surface area contributed by atoms with E-state index in [0.717, 1.165) is 18.3 Å². The molecule has 0 aromatic carbocycles. The lowest BCUT2D eigenvalue weighted by molar-refractivity contribution is 0.226. The zero-order chi connectivity index (χ0) is 11.4. The van der Waals surface area contributed by atoms with Crippen molar-refractivity contribution in [2.24, 2.45) is 5.92 Å². The molecule has 1 saturated heterocycles. The zero-order valence-corrected chi connectivity index (χ0v) is 9.69. The molecule has 0 atom stereocenters. The number of likely N-dealkylation sites (tertiary alicyclic amines) is 1. The minimum Gasteiger partial charge on any atom is -0.394 e. The van der Waals surface area contributed by atoms with Gasteiger partial charge in [0, 0.05) is 6.54 Å². The minimum atomic E-state index is 0.621. The van der Waals surface area contributed by atoms with Crippen LogP contribution in [0.4, 0.5) is 11.5 Å². The van der Waals surface area contributed by atoms with Gasteiger partial charge in [-0.05, 0) is 38.9 Å². The third-order valence-electron chi connectivity index (χ3n) is 3.14. The SMILES string of the molecule is CN1CCC(CNc2ncncc2N)CC1. The van der Waals surface area contributed by atoms with E-state index in [-0.39, 0.29) is 0 Å². The maximum atomic E-state index is 5.76. The molecule has 2 heterocycles. The van der Waals surface area contributed by atoms with Crippen LogP contribution in [0.2, 0.25) is 0 Å². The number of anilines is 2. The van der Waals surface area contributed by atoms with Crippen molar-refractivity contribution < 1.29 is 0 Å². The Morgan fingerprint density at radius 2 is 2.25 bits per heavy atom. The fraction of sp³-hybridized carbons (Fsp3) is 0.636. The van der Waals surface area contributed by atoms with Crippen molar-refractivity contribution >= 4 is 11.5 Å². The predicted molar refractivity (Wildman–Crippen MR) is 65.2 cm³/mol. The number of hydrogen-bond donors (Lipinski definition) is 2. The summed E-state index contributed by atoms with van der Waals surface area (Å²) in [6.07, 6.45) is 5.64. The molecule has 0 aliphatic carbocycles. The number of nitrogen functional groups attached to an aromatic ring is 1. The first-order valence-corrected chi connectivity index (χ1v) is 5.73. The lowest BCUT2D eigenvalue weighted by atomic mass is 9.97. The summed E-state index contributed by atoms with van der Waals surface area (Å²) in [5, 5.41) is 3.30. The molecule has 0 spiro atoms. The zero-order valence-electron chi connectivity index (χ0n) is 9.69. The Balaban J connectivity index is 1.81. The number of hydrogen-bond acceptors (Lipinski definition) is 5. The number of rotatable bonds is 3. The predicted octanol–water partition coefficient (Wildman–Crippen LogP) is 0.812. The highest BCUT2D eigenvalue weighted by molar-refractivity contribution is 5.58. The molecule has 0 unspecified atom stereocenters. The Morgan fingerprint density at radius 3 is 2.94 bits per heavy atom. The smallest absolute Gasteiger partial charge is 0.152 e. The highest BCUT2D eigenvalue weighted by Gasteiger charge is 2.16. The van der Waals surface area contributed by atoms with Crippen molar-refractivity contribution in [2.75, 3.05) is 37.7 Å². The fourth-order valence-corrected chi connectivity index (χ4v) is 2.00. The first-order valence-electron chi connectivity index (χ1n) is 5.73. The number of aromatic nitrogens is 2. The molecule has 88 valence electrons. The summed E-state index contributed by atoms with van der Waals surface area (Å²) in [5.74, 6) is 1.49. The van der Waals surface area contributed by atoms with Crippen molar-refractivity contribution in [2.45, 2.75) is 12.8 Å². The van der Waals surface area contributed by atoms with Gasteiger partial charge >= 0.3 is 0 Å². The van der Waals surface area contributed by atoms with E-state index in [1.165, 1.54) is 32.3 Å². The molecular weight excluding hydrogens is 202 g/mol. The number of nitrogens with two attached hydrogens (primary N) is 1. The first kappa shape index (κ1) is 11.1. The molecule has 0 saturated carbocycles. The first-order chi connectivity index (χ1) is 7.75. The van der Waals surface area contributed by atoms with Gasteiger partial charge < -0.3 is 16.0 Å². The van der Waals surface area contributed by atoms with Gasteiger partial charge in [0.15, 0.2) is 5.82 Å². The summed E-state index contributed by atoms with van der Waals surface area (Å²) < 4.78 is 0. The van der Waals surface area contributed by atoms with Crippen molar-refractivity contribution in [3.8, 4) is 0 Å². The van der Waals surface area contributed by atoms with Crippen LogP contribution in [0.25, 0.3) is 0 Å². The lowest BCUT2D eigenvalue weighted by Gasteiger charge is -2.29. The highest BCUT2D eigenvalue weighted by atomic mass is 15.1. The van der Waals surface area contributed by atoms with Crippen LogP contribution in [0.1, 0.15) is 12.8 Å². The second-order valence-corrected chi connectivity index (χ2v) is 4.45. The molecule has 0 bridgehead atoms. The molecule has 5 nitrogen and oxygen atoms in total. The molecule has 1 aliphatic heterocycles. The van der Waals surface area contributed by atoms with Crippen molar-refractivity contribution in [1.29, 1.82) is 0 Å². The summed E-state index contributed by atoms with van der Waals surface area (Å²) >= 11 is 0. The van der Waals surface area contributed by atoms with E-state index in [1.807, 2.05) is 0 Å². The monoisotopic (exact) mass is 221 g/mol. The highest BCUT2D eigenvalue weighted by Crippen LogP contribution is 2.18. The quantitative estimate of drug-likeness (QED) is 0.790. The summed E-state index contributed by atoms with van der Waals surface area (Å²) in [4.78, 5) is 10.4. The molecule has 1 aromatic rings. The molecule has 16 heavy (non-hydrogen) atoms. The molecule has 3 N–H and O–H groups in total. The minimum absolute atomic E-state index is 0.621. The van der Waals surface area contributed by atoms with Gasteiger partial charge in [0.05, 0.1) is 11.9 Å². The van der Waals surface area contributed by atoms with Gasteiger partial charge in [0.25, 0.3) is 0 Å². The third-order valence-corrected chi connectivity index (χ3v) is 3.14. The third kappa shape index (κ3) is 2.82. The standard InChI is InChI=1S/C11H19N5/c1-16-4-2-9(3-5-16)6-14-11-10(12)7-13-8-15-11/h7-9H,2-6,12H2,1H3,(H,13,14,15). The van der Waals surface area contributed by atoms with Crippen LogP contribution < -0.4 is 11.1 Å². The van der Waals surface area contributed by atoms with Crippen LogP contribution in [-0.2, 0) is 0 Å². The summed E-state index contributed by atoms with van der Waals surface area (Å²) in [7, 11) is 2.17. The number of piperidine rings is 1. The average Bonchev–Trinajstić information content (AvgIpc) is 2.30. The number of nitrogens with one attached hydrogen (secondary N) is 1. The second kappa shape index (κ2) is 5.12. The maximum absolute atomic E-state index is 5.76. The molecule has 0 amide bonds. The molecule has 0 radical (unpaired) electrons. The fourth-order valence-electron chi connectivity index (χ4n) is 2.00. The van der Waals surface area contributed by atoms with Crippen LogP contribution >= 0.6 is 0 Å². The Kier molecular flexibility index (Phi) is 3.56. The van der Waals surface area contributed by atoms with Crippen LogP contribution in [-0.4, -0.2) is 41.5 Å². The van der Waals surface area contributed by atoms with Crippen LogP contribution in [0.15, 0.2) is 12.5 Å². The van der Waals surface area contributed by atoms with E-state index in [0.29, 0.717) is 5.69 Å². The summed E-state index contributed by atoms with van der Waals surface area (Å²) in [6, 6.07) is 0. The van der Waals surface area contributed by atoms with Gasteiger partial charge in [-0.25, -0.2) is 9.97 Å². The largest absolute Gasteiger partial charge is 0.394 e. The van der Waals surface area contributed by atoms with Crippen LogP contribution in [0.5, 0.6) is 0 Å². The van der Waals surface area contributed by atoms with E-state index in [2.05, 4.69) is 27.2 Å². The number of nitrogens with zero attached hydrogens (tertiary/aromatic N) is 3. The maximum Gasteiger partial charge on any atom is 0.152 e. The van der Waals surface area contributed by atoms with E-state index in [4.69, 9.17) is 5.73 Å². The topological polar surface area (TPSA) is 67.1 Å². The van der Waals surface area contributed by atoms with Gasteiger partial charge in [0.2, 0.25) is 0 Å². The molecule has 5 heteroatoms. The Bertz CT molecular complexity index is 333. The Hall–Kier alpha value is -1.36. The lowest BCUT2D eigenvalue weighted by Crippen LogP contribution is -2.33. The van der Waals surface area contributed by atoms with E-state index >= 15 is 0 Å². The van der Waals surface area contributed by atoms with Crippen molar-refractivity contribution in [1.82, 2.24) is 14.9 Å². The van der Waals surface area contributed by atoms with Crippen LogP contribution in [0.3, 0.4) is 0 Å². The van der Waals surface area contributed by atoms with Crippen molar-refractivity contribution in [3.05, 3.63) is 12.5 Å². The van der Waals surface area contributed by atoms with Crippen LogP contribution in [0, 0.1) is 5.92 Å². The molecule has 1 aliphatic rings. The summed E-state index contributed by atoms with van der Waals surface area (Å²) in [5.41, 5.74) is 6.38. The Morgan fingerprint density at radius 1 is 1.50 bits per heavy atom. The van der Waals surface area contributed by atoms with Gasteiger partial charge in [-0.2, -0.15) is 0 Å². The Labute approximate surface area is 96.1 Å². The summed E-state index contributed by atoms with van der Waals surface area (Å²) in [6.45, 7) is 3.33. The van der Waals surface area contributed by atoms with E-state index in [1.54, 1.807) is 6.20 Å².